The molecule has 0 fully saturated rings. The number of aliphatic imine (C=N–C) groups is 1. The summed E-state index contributed by atoms with van der Waals surface area (Å²) in [6.45, 7) is 3.97. The van der Waals surface area contributed by atoms with Crippen molar-refractivity contribution in [3.8, 4) is 5.75 Å². The van der Waals surface area contributed by atoms with Crippen LogP contribution in [0.2, 0.25) is 0 Å². The Morgan fingerprint density at radius 3 is 2.37 bits per heavy atom. The highest BCUT2D eigenvalue weighted by Gasteiger charge is 2.32. The molecular formula is C20H17F4NOS. The van der Waals surface area contributed by atoms with Crippen molar-refractivity contribution in [2.75, 3.05) is 0 Å². The van der Waals surface area contributed by atoms with Crippen molar-refractivity contribution in [1.29, 1.82) is 0 Å². The molecule has 1 heterocycles. The third-order valence-electron chi connectivity index (χ3n) is 4.28. The number of rotatable bonds is 3. The molecule has 0 bridgehead atoms. The van der Waals surface area contributed by atoms with Gasteiger partial charge in [0.2, 0.25) is 0 Å². The molecule has 142 valence electrons. The van der Waals surface area contributed by atoms with Gasteiger partial charge in [0.1, 0.15) is 11.6 Å². The number of benzene rings is 2. The summed E-state index contributed by atoms with van der Waals surface area (Å²) in [4.78, 5) is 5.47. The van der Waals surface area contributed by atoms with Gasteiger partial charge in [-0.05, 0) is 47.9 Å². The summed E-state index contributed by atoms with van der Waals surface area (Å²) in [5, 5.41) is 0. The van der Waals surface area contributed by atoms with E-state index in [0.29, 0.717) is 28.1 Å². The molecule has 1 aliphatic heterocycles. The Kier molecular flexibility index (Phi) is 5.33. The molecule has 0 aromatic heterocycles. The van der Waals surface area contributed by atoms with Crippen LogP contribution < -0.4 is 4.74 Å². The Hall–Kier alpha value is -2.28. The first-order chi connectivity index (χ1) is 12.6. The predicted molar refractivity (Wildman–Crippen MR) is 100 cm³/mol. The summed E-state index contributed by atoms with van der Waals surface area (Å²) < 4.78 is 55.3. The molecule has 2 aromatic rings. The van der Waals surface area contributed by atoms with Crippen molar-refractivity contribution in [2.45, 2.75) is 32.7 Å². The van der Waals surface area contributed by atoms with E-state index < -0.39 is 12.2 Å². The highest BCUT2D eigenvalue weighted by atomic mass is 32.1. The zero-order valence-corrected chi connectivity index (χ0v) is 15.5. The number of fused-ring (bicyclic) bond motifs is 1. The third kappa shape index (κ3) is 4.53. The van der Waals surface area contributed by atoms with Gasteiger partial charge in [0.25, 0.3) is 0 Å². The number of hydrogen-bond donors (Lipinski definition) is 0. The SMILES string of the molecule is CC(C)[C@@H]1N=C(c2ccc(F)cc2)c2cc(OC(F)(F)F)ccc2CC1=S. The van der Waals surface area contributed by atoms with E-state index in [4.69, 9.17) is 17.2 Å². The fourth-order valence-corrected chi connectivity index (χ4v) is 3.54. The van der Waals surface area contributed by atoms with E-state index in [2.05, 4.69) is 4.74 Å². The van der Waals surface area contributed by atoms with E-state index in [1.165, 1.54) is 24.3 Å². The second kappa shape index (κ2) is 7.38. The lowest BCUT2D eigenvalue weighted by Crippen LogP contribution is -2.24. The van der Waals surface area contributed by atoms with Crippen molar-refractivity contribution in [3.63, 3.8) is 0 Å². The zero-order chi connectivity index (χ0) is 19.8. The molecule has 1 aliphatic rings. The van der Waals surface area contributed by atoms with Crippen LogP contribution in [0.3, 0.4) is 0 Å². The van der Waals surface area contributed by atoms with E-state index in [1.807, 2.05) is 13.8 Å². The smallest absolute Gasteiger partial charge is 0.406 e. The van der Waals surface area contributed by atoms with Gasteiger partial charge >= 0.3 is 6.36 Å². The fraction of sp³-hybridized carbons (Fsp3) is 0.300. The summed E-state index contributed by atoms with van der Waals surface area (Å²) in [5.74, 6) is -0.614. The molecule has 2 nitrogen and oxygen atoms in total. The first kappa shape index (κ1) is 19.5. The molecule has 0 N–H and O–H groups in total. The van der Waals surface area contributed by atoms with Crippen LogP contribution in [0.4, 0.5) is 17.6 Å². The molecule has 3 rings (SSSR count). The van der Waals surface area contributed by atoms with Gasteiger partial charge in [0.15, 0.2) is 0 Å². The standard InChI is InChI=1S/C20H17F4NOS/c1-11(2)18-17(27)9-13-5-8-15(26-20(22,23)24)10-16(13)19(25-18)12-3-6-14(21)7-4-12/h3-8,10-11,18H,9H2,1-2H3/t18-/m0/s1. The average Bonchev–Trinajstić information content (AvgIpc) is 2.70. The van der Waals surface area contributed by atoms with Crippen LogP contribution in [-0.2, 0) is 6.42 Å². The Labute approximate surface area is 159 Å². The molecule has 0 aliphatic carbocycles. The second-order valence-electron chi connectivity index (χ2n) is 6.68. The Bertz CT molecular complexity index is 888. The van der Waals surface area contributed by atoms with Crippen LogP contribution in [0.25, 0.3) is 0 Å². The van der Waals surface area contributed by atoms with Crippen molar-refractivity contribution in [3.05, 3.63) is 65.0 Å². The molecular weight excluding hydrogens is 378 g/mol. The third-order valence-corrected chi connectivity index (χ3v) is 4.67. The molecule has 7 heteroatoms. The average molecular weight is 395 g/mol. The van der Waals surface area contributed by atoms with Gasteiger partial charge in [-0.3, -0.25) is 4.99 Å². The number of ether oxygens (including phenoxy) is 1. The molecule has 0 saturated carbocycles. The Morgan fingerprint density at radius 1 is 1.11 bits per heavy atom. The second-order valence-corrected chi connectivity index (χ2v) is 7.21. The molecule has 0 saturated heterocycles. The van der Waals surface area contributed by atoms with Crippen LogP contribution in [-0.4, -0.2) is 23.0 Å². The van der Waals surface area contributed by atoms with Crippen molar-refractivity contribution in [1.82, 2.24) is 0 Å². The molecule has 27 heavy (non-hydrogen) atoms. The van der Waals surface area contributed by atoms with E-state index in [1.54, 1.807) is 18.2 Å². The first-order valence-corrected chi connectivity index (χ1v) is 8.80. The first-order valence-electron chi connectivity index (χ1n) is 8.39. The van der Waals surface area contributed by atoms with Crippen molar-refractivity contribution in [2.24, 2.45) is 10.9 Å². The van der Waals surface area contributed by atoms with Crippen LogP contribution in [0, 0.1) is 11.7 Å². The maximum Gasteiger partial charge on any atom is 0.573 e. The monoisotopic (exact) mass is 395 g/mol. The number of halogens is 4. The summed E-state index contributed by atoms with van der Waals surface area (Å²) >= 11 is 5.53. The highest BCUT2D eigenvalue weighted by Crippen LogP contribution is 2.30. The molecule has 2 aromatic carbocycles. The fourth-order valence-electron chi connectivity index (χ4n) is 3.06. The van der Waals surface area contributed by atoms with Crippen LogP contribution >= 0.6 is 12.2 Å². The predicted octanol–water partition coefficient (Wildman–Crippen LogP) is 5.51. The minimum Gasteiger partial charge on any atom is -0.406 e. The van der Waals surface area contributed by atoms with E-state index in [-0.39, 0.29) is 17.7 Å². The molecule has 0 radical (unpaired) electrons. The van der Waals surface area contributed by atoms with Crippen molar-refractivity contribution < 1.29 is 22.3 Å². The minimum atomic E-state index is -4.79. The summed E-state index contributed by atoms with van der Waals surface area (Å²) in [6.07, 6.45) is -4.37. The van der Waals surface area contributed by atoms with E-state index >= 15 is 0 Å². The summed E-state index contributed by atoms with van der Waals surface area (Å²) in [7, 11) is 0. The van der Waals surface area contributed by atoms with Gasteiger partial charge in [0.05, 0.1) is 11.8 Å². The topological polar surface area (TPSA) is 21.6 Å². The molecule has 0 unspecified atom stereocenters. The number of alkyl halides is 3. The summed E-state index contributed by atoms with van der Waals surface area (Å²) in [5.41, 5.74) is 2.36. The van der Waals surface area contributed by atoms with Crippen LogP contribution in [0.15, 0.2) is 47.5 Å². The highest BCUT2D eigenvalue weighted by molar-refractivity contribution is 7.80. The molecule has 0 amide bonds. The zero-order valence-electron chi connectivity index (χ0n) is 14.7. The Balaban J connectivity index is 2.17. The van der Waals surface area contributed by atoms with Gasteiger partial charge in [-0.15, -0.1) is 13.2 Å². The largest absolute Gasteiger partial charge is 0.573 e. The molecule has 0 spiro atoms. The van der Waals surface area contributed by atoms with Gasteiger partial charge in [-0.25, -0.2) is 4.39 Å². The van der Waals surface area contributed by atoms with Gasteiger partial charge in [-0.1, -0.05) is 32.1 Å². The number of nitrogens with zero attached hydrogens (tertiary/aromatic N) is 1. The van der Waals surface area contributed by atoms with Gasteiger partial charge in [0, 0.05) is 22.4 Å². The minimum absolute atomic E-state index is 0.119. The van der Waals surface area contributed by atoms with Crippen LogP contribution in [0.1, 0.15) is 30.5 Å². The lowest BCUT2D eigenvalue weighted by molar-refractivity contribution is -0.274. The number of thiocarbonyl (C=S) groups is 1. The lowest BCUT2D eigenvalue weighted by Gasteiger charge is -2.17. The number of hydrogen-bond acceptors (Lipinski definition) is 3. The van der Waals surface area contributed by atoms with E-state index in [9.17, 15) is 17.6 Å². The molecule has 1 atom stereocenters. The van der Waals surface area contributed by atoms with Crippen LogP contribution in [0.5, 0.6) is 5.75 Å². The Morgan fingerprint density at radius 2 is 1.78 bits per heavy atom. The van der Waals surface area contributed by atoms with Crippen molar-refractivity contribution >= 4 is 22.8 Å². The van der Waals surface area contributed by atoms with E-state index in [0.717, 1.165) is 5.56 Å². The van der Waals surface area contributed by atoms with Gasteiger partial charge in [-0.2, -0.15) is 0 Å². The van der Waals surface area contributed by atoms with Gasteiger partial charge < -0.3 is 4.74 Å². The maximum absolute atomic E-state index is 13.3. The lowest BCUT2D eigenvalue weighted by atomic mass is 9.94. The quantitative estimate of drug-likeness (QED) is 0.505. The summed E-state index contributed by atoms with van der Waals surface area (Å²) in [6, 6.07) is 9.59. The normalized spacial score (nSPS) is 17.4. The maximum atomic E-state index is 13.3.